The maximum atomic E-state index is 14.7. The Balaban J connectivity index is 1.28. The van der Waals surface area contributed by atoms with Crippen LogP contribution in [0.4, 0.5) is 11.4 Å². The van der Waals surface area contributed by atoms with Gasteiger partial charge in [-0.25, -0.2) is 0 Å². The van der Waals surface area contributed by atoms with Crippen molar-refractivity contribution in [3.8, 4) is 0 Å². The molecule has 3 N–H and O–H groups in total. The quantitative estimate of drug-likeness (QED) is 0.270. The molecular formula is C35H40BrN3O6Si. The van der Waals surface area contributed by atoms with Crippen LogP contribution in [0.3, 0.4) is 0 Å². The molecule has 3 heterocycles. The Morgan fingerprint density at radius 3 is 2.48 bits per heavy atom. The van der Waals surface area contributed by atoms with E-state index in [1.807, 2.05) is 80.7 Å². The Morgan fingerprint density at radius 2 is 1.80 bits per heavy atom. The Morgan fingerprint density at radius 1 is 1.09 bits per heavy atom. The lowest BCUT2D eigenvalue weighted by Crippen LogP contribution is -2.46. The van der Waals surface area contributed by atoms with Gasteiger partial charge in [-0.3, -0.25) is 14.4 Å². The van der Waals surface area contributed by atoms with Crippen molar-refractivity contribution in [3.05, 3.63) is 94.0 Å². The number of benzene rings is 3. The fourth-order valence-electron chi connectivity index (χ4n) is 7.72. The largest absolute Gasteiger partial charge is 0.432 e. The van der Waals surface area contributed by atoms with Crippen molar-refractivity contribution < 1.29 is 29.0 Å². The van der Waals surface area contributed by atoms with Crippen LogP contribution in [-0.2, 0) is 26.5 Å². The molecule has 0 bridgehead atoms. The van der Waals surface area contributed by atoms with Gasteiger partial charge >= 0.3 is 0 Å². The van der Waals surface area contributed by atoms with E-state index in [1.165, 1.54) is 0 Å². The smallest absolute Gasteiger partial charge is 0.264 e. The molecule has 3 aromatic rings. The van der Waals surface area contributed by atoms with Crippen LogP contribution in [0, 0.1) is 5.92 Å². The highest BCUT2D eigenvalue weighted by atomic mass is 79.9. The highest BCUT2D eigenvalue weighted by Gasteiger charge is 2.66. The van der Waals surface area contributed by atoms with E-state index in [-0.39, 0.29) is 48.9 Å². The molecular weight excluding hydrogens is 666 g/mol. The molecule has 6 rings (SSSR count). The highest BCUT2D eigenvalue weighted by molar-refractivity contribution is 9.10. The van der Waals surface area contributed by atoms with Gasteiger partial charge in [0.25, 0.3) is 11.8 Å². The van der Waals surface area contributed by atoms with Crippen LogP contribution < -0.4 is 10.2 Å². The van der Waals surface area contributed by atoms with E-state index in [2.05, 4.69) is 21.2 Å². The molecule has 9 nitrogen and oxygen atoms in total. The van der Waals surface area contributed by atoms with E-state index in [0.717, 1.165) is 34.1 Å². The molecule has 11 heteroatoms. The normalized spacial score (nSPS) is 25.7. The van der Waals surface area contributed by atoms with Crippen LogP contribution in [-0.4, -0.2) is 66.1 Å². The van der Waals surface area contributed by atoms with Crippen molar-refractivity contribution in [2.45, 2.75) is 69.1 Å². The molecule has 46 heavy (non-hydrogen) atoms. The highest BCUT2D eigenvalue weighted by Crippen LogP contribution is 2.60. The fourth-order valence-corrected chi connectivity index (χ4v) is 10.6. The van der Waals surface area contributed by atoms with Gasteiger partial charge in [0.15, 0.2) is 13.9 Å². The number of rotatable bonds is 8. The molecule has 0 aromatic heterocycles. The first-order valence-electron chi connectivity index (χ1n) is 15.8. The van der Waals surface area contributed by atoms with Gasteiger partial charge in [0.2, 0.25) is 5.91 Å². The number of hydrogen-bond donors (Lipinski definition) is 3. The van der Waals surface area contributed by atoms with E-state index in [4.69, 9.17) is 4.74 Å². The first-order chi connectivity index (χ1) is 21.9. The number of fused-ring (bicyclic) bond motifs is 2. The molecule has 3 aliphatic heterocycles. The number of amides is 3. The fraction of sp³-hybridized carbons (Fsp3) is 0.400. The number of nitrogens with zero attached hydrogens (tertiary/aromatic N) is 2. The summed E-state index contributed by atoms with van der Waals surface area (Å²) >= 11 is 3.59. The van der Waals surface area contributed by atoms with Crippen molar-refractivity contribution in [2.75, 3.05) is 23.4 Å². The van der Waals surface area contributed by atoms with Gasteiger partial charge in [0, 0.05) is 39.3 Å². The molecule has 3 aromatic carbocycles. The number of halogens is 1. The van der Waals surface area contributed by atoms with E-state index >= 15 is 0 Å². The van der Waals surface area contributed by atoms with Crippen molar-refractivity contribution in [1.29, 1.82) is 0 Å². The topological polar surface area (TPSA) is 119 Å². The summed E-state index contributed by atoms with van der Waals surface area (Å²) in [6.07, 6.45) is 0.975. The number of ether oxygens (including phenoxy) is 1. The van der Waals surface area contributed by atoms with Crippen molar-refractivity contribution in [3.63, 3.8) is 0 Å². The summed E-state index contributed by atoms with van der Waals surface area (Å²) in [7, 11) is -2.94. The second kappa shape index (κ2) is 12.7. The van der Waals surface area contributed by atoms with Crippen LogP contribution >= 0.6 is 15.9 Å². The molecule has 5 atom stereocenters. The molecule has 0 unspecified atom stereocenters. The predicted octanol–water partition coefficient (Wildman–Crippen LogP) is 5.42. The van der Waals surface area contributed by atoms with Crippen LogP contribution in [0.15, 0.2) is 77.3 Å². The molecule has 2 saturated heterocycles. The number of likely N-dealkylation sites (tertiary alicyclic amines) is 1. The van der Waals surface area contributed by atoms with Crippen LogP contribution in [0.25, 0.3) is 0 Å². The van der Waals surface area contributed by atoms with Gasteiger partial charge in [-0.05, 0) is 74.0 Å². The Hall–Kier alpha value is -3.35. The van der Waals surface area contributed by atoms with Gasteiger partial charge in [-0.15, -0.1) is 0 Å². The lowest BCUT2D eigenvalue weighted by atomic mass is 9.82. The minimum Gasteiger partial charge on any atom is -0.432 e. The first kappa shape index (κ1) is 32.6. The van der Waals surface area contributed by atoms with Crippen molar-refractivity contribution in [2.24, 2.45) is 5.92 Å². The molecule has 0 aliphatic carbocycles. The average Bonchev–Trinajstić information content (AvgIpc) is 3.69. The molecule has 242 valence electrons. The van der Waals surface area contributed by atoms with Gasteiger partial charge in [-0.1, -0.05) is 53.2 Å². The monoisotopic (exact) mass is 705 g/mol. The van der Waals surface area contributed by atoms with E-state index in [9.17, 15) is 24.3 Å². The number of carbonyl (C=O) groups excluding carboxylic acids is 3. The standard InChI is InChI=1S/C35H40BrN3O6Si/c1-22-32(46(2,3)44)30(19-31(41)38-17-7-10-27(38)21-40)45-35(22)28-18-25(36)13-16-29(28)39(34(35)43)20-23-11-14-26(15-12-23)37-33(42)24-8-5-4-6-9-24/h4-6,8-9,11-16,18,22,27,30,32,40,44H,7,10,17,19-21H2,1-3H3,(H,37,42)/t22-,27+,30+,32-,35+/m1/s1. The summed E-state index contributed by atoms with van der Waals surface area (Å²) in [6, 6.07) is 21.9. The van der Waals surface area contributed by atoms with Gasteiger partial charge < -0.3 is 29.8 Å². The molecule has 0 saturated carbocycles. The maximum absolute atomic E-state index is 14.7. The zero-order valence-electron chi connectivity index (χ0n) is 26.3. The summed E-state index contributed by atoms with van der Waals surface area (Å²) in [5.41, 5.74) is 1.78. The summed E-state index contributed by atoms with van der Waals surface area (Å²) < 4.78 is 7.63. The van der Waals surface area contributed by atoms with Crippen LogP contribution in [0.1, 0.15) is 47.7 Å². The van der Waals surface area contributed by atoms with E-state index in [0.29, 0.717) is 17.8 Å². The van der Waals surface area contributed by atoms with Crippen molar-refractivity contribution in [1.82, 2.24) is 4.90 Å². The van der Waals surface area contributed by atoms with Crippen molar-refractivity contribution >= 4 is 53.3 Å². The summed E-state index contributed by atoms with van der Waals surface area (Å²) in [4.78, 5) is 55.9. The molecule has 3 aliphatic rings. The number of aliphatic hydroxyl groups excluding tert-OH is 1. The first-order valence-corrected chi connectivity index (χ1v) is 19.6. The average molecular weight is 707 g/mol. The summed E-state index contributed by atoms with van der Waals surface area (Å²) in [5.74, 6) is -0.941. The Labute approximate surface area is 278 Å². The number of nitrogens with one attached hydrogen (secondary N) is 1. The third kappa shape index (κ3) is 5.83. The SMILES string of the molecule is C[C@@H]1[C@@H]([Si](C)(C)O)[C@H](CC(=O)N2CCC[C@H]2CO)O[C@@]12C(=O)N(Cc1ccc(NC(=O)c3ccccc3)cc1)c1ccc(Br)cc12. The molecule has 0 radical (unpaired) electrons. The Kier molecular flexibility index (Phi) is 8.99. The predicted molar refractivity (Wildman–Crippen MR) is 182 cm³/mol. The zero-order chi connectivity index (χ0) is 32.8. The summed E-state index contributed by atoms with van der Waals surface area (Å²) in [6.45, 7) is 6.42. The van der Waals surface area contributed by atoms with Crippen LogP contribution in [0.2, 0.25) is 18.6 Å². The third-order valence-electron chi connectivity index (χ3n) is 9.82. The number of carbonyl (C=O) groups is 3. The minimum absolute atomic E-state index is 0.0387. The van der Waals surface area contributed by atoms with Crippen LogP contribution in [0.5, 0.6) is 0 Å². The maximum Gasteiger partial charge on any atom is 0.264 e. The summed E-state index contributed by atoms with van der Waals surface area (Å²) in [5, 5.41) is 12.7. The number of hydrogen-bond acceptors (Lipinski definition) is 6. The van der Waals surface area contributed by atoms with Gasteiger partial charge in [-0.2, -0.15) is 0 Å². The second-order valence-corrected chi connectivity index (χ2v) is 18.1. The van der Waals surface area contributed by atoms with Gasteiger partial charge in [0.05, 0.1) is 37.4 Å². The minimum atomic E-state index is -2.94. The molecule has 2 fully saturated rings. The third-order valence-corrected chi connectivity index (χ3v) is 12.8. The lowest BCUT2D eigenvalue weighted by molar-refractivity contribution is -0.150. The Bertz CT molecular complexity index is 1630. The van der Waals surface area contributed by atoms with Gasteiger partial charge in [0.1, 0.15) is 0 Å². The zero-order valence-corrected chi connectivity index (χ0v) is 28.9. The number of anilines is 2. The number of aliphatic hydroxyl groups is 1. The molecule has 3 amide bonds. The lowest BCUT2D eigenvalue weighted by Gasteiger charge is -2.32. The van der Waals surface area contributed by atoms with E-state index in [1.54, 1.807) is 21.9 Å². The molecule has 1 spiro atoms. The second-order valence-electron chi connectivity index (χ2n) is 13.2. The van der Waals surface area contributed by atoms with E-state index < -0.39 is 25.9 Å².